The van der Waals surface area contributed by atoms with Crippen LogP contribution in [0, 0.1) is 0 Å². The van der Waals surface area contributed by atoms with Crippen LogP contribution >= 0.6 is 0 Å². The minimum atomic E-state index is -3.11. The first-order valence-corrected chi connectivity index (χ1v) is 12.7. The number of rotatable bonds is 8. The van der Waals surface area contributed by atoms with E-state index in [2.05, 4.69) is 31.2 Å². The summed E-state index contributed by atoms with van der Waals surface area (Å²) in [5.41, 5.74) is 3.85. The predicted molar refractivity (Wildman–Crippen MR) is 125 cm³/mol. The van der Waals surface area contributed by atoms with Crippen molar-refractivity contribution in [1.82, 2.24) is 24.9 Å². The molecule has 0 radical (unpaired) electrons. The Morgan fingerprint density at radius 1 is 0.969 bits per heavy atom. The summed E-state index contributed by atoms with van der Waals surface area (Å²) in [6, 6.07) is 13.8. The van der Waals surface area contributed by atoms with Crippen molar-refractivity contribution in [2.45, 2.75) is 37.9 Å². The summed E-state index contributed by atoms with van der Waals surface area (Å²) in [6.45, 7) is 8.46. The lowest BCUT2D eigenvalue weighted by molar-refractivity contribution is 0.247. The van der Waals surface area contributed by atoms with Gasteiger partial charge >= 0.3 is 0 Å². The Kier molecular flexibility index (Phi) is 6.86. The van der Waals surface area contributed by atoms with Crippen LogP contribution in [0.5, 0.6) is 0 Å². The van der Waals surface area contributed by atoms with Crippen LogP contribution in [0.2, 0.25) is 0 Å². The maximum atomic E-state index is 12.3. The molecule has 9 heteroatoms. The van der Waals surface area contributed by atoms with Crippen LogP contribution in [-0.4, -0.2) is 64.7 Å². The zero-order valence-electron chi connectivity index (χ0n) is 18.6. The van der Waals surface area contributed by atoms with Gasteiger partial charge in [0.15, 0.2) is 9.84 Å². The third kappa shape index (κ3) is 5.72. The van der Waals surface area contributed by atoms with E-state index in [9.17, 15) is 8.42 Å². The summed E-state index contributed by atoms with van der Waals surface area (Å²) in [5, 5.41) is 8.18. The average Bonchev–Trinajstić information content (AvgIpc) is 3.21. The van der Waals surface area contributed by atoms with E-state index in [1.807, 2.05) is 47.3 Å². The molecular formula is C23H30N6O2S. The number of hydrogen-bond acceptors (Lipinski definition) is 7. The maximum Gasteiger partial charge on any atom is 0.156 e. The fourth-order valence-electron chi connectivity index (χ4n) is 3.78. The Balaban J connectivity index is 1.31. The predicted octanol–water partition coefficient (Wildman–Crippen LogP) is 2.37. The number of benzene rings is 1. The molecule has 1 aromatic carbocycles. The van der Waals surface area contributed by atoms with Crippen LogP contribution in [0.4, 0.5) is 5.69 Å². The molecule has 32 heavy (non-hydrogen) atoms. The van der Waals surface area contributed by atoms with Crippen molar-refractivity contribution >= 4 is 15.5 Å². The molecule has 1 aliphatic rings. The van der Waals surface area contributed by atoms with Gasteiger partial charge in [-0.05, 0) is 43.7 Å². The van der Waals surface area contributed by atoms with Crippen molar-refractivity contribution in [2.24, 2.45) is 0 Å². The largest absolute Gasteiger partial charge is 0.369 e. The SMILES string of the molecule is CC(C)S(=O)(=O)Cc1cccc(N2CCN(Cc3cn(Cc4ccccn4)nn3)CC2)c1. The third-order valence-electron chi connectivity index (χ3n) is 5.76. The van der Waals surface area contributed by atoms with E-state index in [1.54, 1.807) is 20.0 Å². The molecule has 0 atom stereocenters. The first-order valence-electron chi connectivity index (χ1n) is 11.0. The fraction of sp³-hybridized carbons (Fsp3) is 0.435. The second-order valence-electron chi connectivity index (χ2n) is 8.52. The molecular weight excluding hydrogens is 424 g/mol. The quantitative estimate of drug-likeness (QED) is 0.517. The Hall–Kier alpha value is -2.78. The van der Waals surface area contributed by atoms with Crippen LogP contribution in [-0.2, 0) is 28.7 Å². The molecule has 4 rings (SSSR count). The number of sulfone groups is 1. The van der Waals surface area contributed by atoms with Gasteiger partial charge in [0.1, 0.15) is 0 Å². The van der Waals surface area contributed by atoms with Gasteiger partial charge < -0.3 is 4.90 Å². The zero-order chi connectivity index (χ0) is 22.6. The van der Waals surface area contributed by atoms with Gasteiger partial charge in [-0.25, -0.2) is 13.1 Å². The summed E-state index contributed by atoms with van der Waals surface area (Å²) in [7, 11) is -3.11. The summed E-state index contributed by atoms with van der Waals surface area (Å²) in [6.07, 6.45) is 3.77. The molecule has 0 unspecified atom stereocenters. The van der Waals surface area contributed by atoms with E-state index in [1.165, 1.54) is 0 Å². The van der Waals surface area contributed by atoms with Crippen LogP contribution in [0.1, 0.15) is 30.8 Å². The van der Waals surface area contributed by atoms with Crippen molar-refractivity contribution in [3.05, 3.63) is 71.8 Å². The van der Waals surface area contributed by atoms with Gasteiger partial charge in [0.25, 0.3) is 0 Å². The number of aromatic nitrogens is 4. The van der Waals surface area contributed by atoms with Gasteiger partial charge in [0, 0.05) is 44.6 Å². The smallest absolute Gasteiger partial charge is 0.156 e. The minimum absolute atomic E-state index is 0.0899. The van der Waals surface area contributed by atoms with Crippen LogP contribution in [0.25, 0.3) is 0 Å². The van der Waals surface area contributed by atoms with E-state index in [0.717, 1.165) is 55.4 Å². The number of pyridine rings is 1. The molecule has 1 aliphatic heterocycles. The molecule has 8 nitrogen and oxygen atoms in total. The van der Waals surface area contributed by atoms with Gasteiger partial charge in [-0.2, -0.15) is 0 Å². The average molecular weight is 455 g/mol. The Morgan fingerprint density at radius 2 is 1.78 bits per heavy atom. The second-order valence-corrected chi connectivity index (χ2v) is 11.1. The highest BCUT2D eigenvalue weighted by Gasteiger charge is 2.20. The van der Waals surface area contributed by atoms with Gasteiger partial charge in [-0.1, -0.05) is 23.4 Å². The van der Waals surface area contributed by atoms with Crippen LogP contribution < -0.4 is 4.90 Å². The second kappa shape index (κ2) is 9.79. The third-order valence-corrected chi connectivity index (χ3v) is 7.93. The zero-order valence-corrected chi connectivity index (χ0v) is 19.4. The molecule has 0 N–H and O–H groups in total. The molecule has 2 aromatic heterocycles. The van der Waals surface area contributed by atoms with Gasteiger partial charge in [0.05, 0.1) is 35.1 Å². The normalized spacial score (nSPS) is 15.4. The molecule has 3 heterocycles. The van der Waals surface area contributed by atoms with E-state index in [0.29, 0.717) is 6.54 Å². The summed E-state index contributed by atoms with van der Waals surface area (Å²) in [4.78, 5) is 9.03. The minimum Gasteiger partial charge on any atom is -0.369 e. The molecule has 0 bridgehead atoms. The number of hydrogen-bond donors (Lipinski definition) is 0. The molecule has 1 fully saturated rings. The van der Waals surface area contributed by atoms with Crippen molar-refractivity contribution < 1.29 is 8.42 Å². The highest BCUT2D eigenvalue weighted by atomic mass is 32.2. The molecule has 1 saturated heterocycles. The Bertz CT molecular complexity index is 1120. The van der Waals surface area contributed by atoms with Gasteiger partial charge in [0.2, 0.25) is 0 Å². The van der Waals surface area contributed by atoms with E-state index < -0.39 is 9.84 Å². The number of nitrogens with zero attached hydrogens (tertiary/aromatic N) is 6. The molecule has 3 aromatic rings. The van der Waals surface area contributed by atoms with Crippen LogP contribution in [0.15, 0.2) is 54.9 Å². The summed E-state index contributed by atoms with van der Waals surface area (Å²) < 4.78 is 26.4. The van der Waals surface area contributed by atoms with Crippen molar-refractivity contribution in [3.63, 3.8) is 0 Å². The first-order chi connectivity index (χ1) is 15.4. The summed E-state index contributed by atoms with van der Waals surface area (Å²) >= 11 is 0. The van der Waals surface area contributed by atoms with Crippen LogP contribution in [0.3, 0.4) is 0 Å². The summed E-state index contributed by atoms with van der Waals surface area (Å²) in [5.74, 6) is 0.0899. The van der Waals surface area contributed by atoms with E-state index >= 15 is 0 Å². The maximum absolute atomic E-state index is 12.3. The number of piperazine rings is 1. The van der Waals surface area contributed by atoms with Gasteiger partial charge in [-0.15, -0.1) is 5.10 Å². The topological polar surface area (TPSA) is 84.2 Å². The van der Waals surface area contributed by atoms with Crippen molar-refractivity contribution in [1.29, 1.82) is 0 Å². The highest BCUT2D eigenvalue weighted by Crippen LogP contribution is 2.21. The van der Waals surface area contributed by atoms with E-state index in [4.69, 9.17) is 0 Å². The molecule has 0 aliphatic carbocycles. The molecule has 0 amide bonds. The lowest BCUT2D eigenvalue weighted by Gasteiger charge is -2.35. The Labute approximate surface area is 189 Å². The lowest BCUT2D eigenvalue weighted by Crippen LogP contribution is -2.46. The first kappa shape index (κ1) is 22.4. The lowest BCUT2D eigenvalue weighted by atomic mass is 10.2. The standard InChI is InChI=1S/C23H30N6O2S/c1-19(2)32(30,31)18-20-6-5-8-23(14-20)28-12-10-27(11-13-28)15-22-17-29(26-25-22)16-21-7-3-4-9-24-21/h3-9,14,17,19H,10-13,15-16,18H2,1-2H3. The number of anilines is 1. The molecule has 0 saturated carbocycles. The monoisotopic (exact) mass is 454 g/mol. The van der Waals surface area contributed by atoms with E-state index in [-0.39, 0.29) is 11.0 Å². The molecule has 170 valence electrons. The highest BCUT2D eigenvalue weighted by molar-refractivity contribution is 7.91. The fourth-order valence-corrected chi connectivity index (χ4v) is 4.76. The van der Waals surface area contributed by atoms with Crippen molar-refractivity contribution in [3.8, 4) is 0 Å². The van der Waals surface area contributed by atoms with Gasteiger partial charge in [-0.3, -0.25) is 9.88 Å². The Morgan fingerprint density at radius 3 is 2.50 bits per heavy atom. The molecule has 0 spiro atoms. The van der Waals surface area contributed by atoms with Crippen molar-refractivity contribution in [2.75, 3.05) is 31.1 Å².